The first-order chi connectivity index (χ1) is 17.7. The van der Waals surface area contributed by atoms with Gasteiger partial charge in [-0.15, -0.1) is 0 Å². The minimum Gasteiger partial charge on any atom is -0.464 e. The SMILES string of the molecule is CC(O[Si](c1ccccc1)(c1ccccc1)C(C)(C)C)[C@H](NC(=O)OC(C)(C)C)C(=O)OCCC1(C)CO1. The number of carbonyl (C=O) groups excluding carboxylic acids is 2. The fourth-order valence-electron chi connectivity index (χ4n) is 4.57. The maximum absolute atomic E-state index is 13.4. The minimum absolute atomic E-state index is 0.188. The second kappa shape index (κ2) is 11.6. The molecule has 0 aromatic heterocycles. The molecule has 2 unspecified atom stereocenters. The van der Waals surface area contributed by atoms with Gasteiger partial charge in [0, 0.05) is 6.42 Å². The summed E-state index contributed by atoms with van der Waals surface area (Å²) in [5.74, 6) is -0.564. The molecule has 1 aliphatic rings. The van der Waals surface area contributed by atoms with Crippen molar-refractivity contribution in [2.24, 2.45) is 0 Å². The van der Waals surface area contributed by atoms with Gasteiger partial charge in [-0.05, 0) is 50.0 Å². The molecule has 1 N–H and O–H groups in total. The topological polar surface area (TPSA) is 86.4 Å². The maximum Gasteiger partial charge on any atom is 0.408 e. The first kappa shape index (κ1) is 29.9. The predicted octanol–water partition coefficient (Wildman–Crippen LogP) is 4.57. The van der Waals surface area contributed by atoms with Crippen LogP contribution < -0.4 is 15.7 Å². The van der Waals surface area contributed by atoms with Crippen LogP contribution in [0.2, 0.25) is 5.04 Å². The van der Waals surface area contributed by atoms with Gasteiger partial charge in [-0.25, -0.2) is 9.59 Å². The Balaban J connectivity index is 1.97. The highest BCUT2D eigenvalue weighted by molar-refractivity contribution is 6.99. The molecule has 1 heterocycles. The largest absolute Gasteiger partial charge is 0.464 e. The Kier molecular flexibility index (Phi) is 9.11. The second-order valence-corrected chi connectivity index (χ2v) is 16.5. The zero-order valence-corrected chi connectivity index (χ0v) is 25.0. The fourth-order valence-corrected chi connectivity index (χ4v) is 9.27. The molecular weight excluding hydrogens is 498 g/mol. The molecule has 8 heteroatoms. The van der Waals surface area contributed by atoms with Crippen LogP contribution in [0.15, 0.2) is 60.7 Å². The number of carbonyl (C=O) groups is 2. The summed E-state index contributed by atoms with van der Waals surface area (Å²) in [5.41, 5.74) is -0.968. The minimum atomic E-state index is -2.99. The van der Waals surface area contributed by atoms with E-state index in [2.05, 4.69) is 50.4 Å². The van der Waals surface area contributed by atoms with Gasteiger partial charge in [0.2, 0.25) is 0 Å². The lowest BCUT2D eigenvalue weighted by molar-refractivity contribution is -0.149. The average Bonchev–Trinajstić information content (AvgIpc) is 3.56. The zero-order chi connectivity index (χ0) is 28.2. The summed E-state index contributed by atoms with van der Waals surface area (Å²) in [7, 11) is -2.99. The van der Waals surface area contributed by atoms with E-state index in [4.69, 9.17) is 18.6 Å². The smallest absolute Gasteiger partial charge is 0.408 e. The molecule has 1 fully saturated rings. The molecule has 208 valence electrons. The first-order valence-electron chi connectivity index (χ1n) is 13.3. The molecule has 7 nitrogen and oxygen atoms in total. The monoisotopic (exact) mass is 541 g/mol. The van der Waals surface area contributed by atoms with E-state index in [-0.39, 0.29) is 17.2 Å². The van der Waals surface area contributed by atoms with Gasteiger partial charge in [-0.3, -0.25) is 0 Å². The molecule has 3 rings (SSSR count). The van der Waals surface area contributed by atoms with Crippen LogP contribution >= 0.6 is 0 Å². The van der Waals surface area contributed by atoms with Crippen LogP contribution in [0, 0.1) is 0 Å². The van der Waals surface area contributed by atoms with Gasteiger partial charge in [0.1, 0.15) is 5.60 Å². The number of ether oxygens (including phenoxy) is 3. The summed E-state index contributed by atoms with van der Waals surface area (Å²) in [4.78, 5) is 26.2. The van der Waals surface area contributed by atoms with E-state index in [1.165, 1.54) is 0 Å². The van der Waals surface area contributed by atoms with E-state index >= 15 is 0 Å². The van der Waals surface area contributed by atoms with Crippen LogP contribution in [0.1, 0.15) is 61.8 Å². The normalized spacial score (nSPS) is 19.3. The summed E-state index contributed by atoms with van der Waals surface area (Å²) in [6.07, 6.45) is -0.828. The van der Waals surface area contributed by atoms with Crippen LogP contribution in [0.3, 0.4) is 0 Å². The van der Waals surface area contributed by atoms with Crippen LogP contribution in [0.25, 0.3) is 0 Å². The van der Waals surface area contributed by atoms with Crippen molar-refractivity contribution in [1.82, 2.24) is 5.32 Å². The summed E-state index contributed by atoms with van der Waals surface area (Å²) in [5, 5.41) is 4.60. The Labute approximate surface area is 228 Å². The van der Waals surface area contributed by atoms with Crippen LogP contribution in [0.5, 0.6) is 0 Å². The molecule has 0 saturated carbocycles. The van der Waals surface area contributed by atoms with Crippen molar-refractivity contribution in [3.8, 4) is 0 Å². The van der Waals surface area contributed by atoms with E-state index in [0.29, 0.717) is 13.0 Å². The van der Waals surface area contributed by atoms with Crippen LogP contribution in [0.4, 0.5) is 4.79 Å². The van der Waals surface area contributed by atoms with Gasteiger partial charge < -0.3 is 24.0 Å². The van der Waals surface area contributed by atoms with Gasteiger partial charge in [0.25, 0.3) is 8.32 Å². The first-order valence-corrected chi connectivity index (χ1v) is 15.2. The van der Waals surface area contributed by atoms with Crippen LogP contribution in [-0.2, 0) is 23.4 Å². The van der Waals surface area contributed by atoms with E-state index < -0.39 is 38.1 Å². The lowest BCUT2D eigenvalue weighted by Crippen LogP contribution is -2.69. The van der Waals surface area contributed by atoms with Gasteiger partial charge in [0.15, 0.2) is 6.04 Å². The zero-order valence-electron chi connectivity index (χ0n) is 24.0. The number of hydrogen-bond acceptors (Lipinski definition) is 6. The van der Waals surface area contributed by atoms with Gasteiger partial charge in [-0.1, -0.05) is 81.4 Å². The number of hydrogen-bond donors (Lipinski definition) is 1. The van der Waals surface area contributed by atoms with Crippen molar-refractivity contribution >= 4 is 30.8 Å². The average molecular weight is 542 g/mol. The molecule has 0 bridgehead atoms. The Morgan fingerprint density at radius 3 is 1.89 bits per heavy atom. The Hall–Kier alpha value is -2.68. The van der Waals surface area contributed by atoms with Crippen molar-refractivity contribution in [2.75, 3.05) is 13.2 Å². The second-order valence-electron chi connectivity index (χ2n) is 12.3. The lowest BCUT2D eigenvalue weighted by atomic mass is 10.1. The van der Waals surface area contributed by atoms with Crippen molar-refractivity contribution in [2.45, 2.75) is 90.2 Å². The van der Waals surface area contributed by atoms with Crippen LogP contribution in [-0.4, -0.2) is 56.9 Å². The summed E-state index contributed by atoms with van der Waals surface area (Å²) >= 11 is 0. The van der Waals surface area contributed by atoms with Gasteiger partial charge >= 0.3 is 12.1 Å². The molecule has 3 atom stereocenters. The number of benzene rings is 2. The van der Waals surface area contributed by atoms with E-state index in [1.54, 1.807) is 20.8 Å². The standard InChI is InChI=1S/C30H43NO6Si/c1-22(25(31-27(33)36-28(2,3)4)26(32)34-20-19-30(8)21-35-30)37-38(29(5,6)7,23-15-11-9-12-16-23)24-17-13-10-14-18-24/h9-18,22,25H,19-21H2,1-8H3,(H,31,33)/t22?,25-,30?/m0/s1. The predicted molar refractivity (Wildman–Crippen MR) is 151 cm³/mol. The number of esters is 1. The Morgan fingerprint density at radius 2 is 1.47 bits per heavy atom. The summed E-state index contributed by atoms with van der Waals surface area (Å²) in [6, 6.07) is 19.3. The quantitative estimate of drug-likeness (QED) is 0.270. The molecule has 2 aromatic carbocycles. The van der Waals surface area contributed by atoms with Crippen molar-refractivity contribution in [3.05, 3.63) is 60.7 Å². The van der Waals surface area contributed by atoms with E-state index in [0.717, 1.165) is 10.4 Å². The third kappa shape index (κ3) is 7.46. The summed E-state index contributed by atoms with van der Waals surface area (Å²) in [6.45, 7) is 16.4. The molecule has 38 heavy (non-hydrogen) atoms. The van der Waals surface area contributed by atoms with Crippen molar-refractivity contribution in [1.29, 1.82) is 0 Å². The highest BCUT2D eigenvalue weighted by Gasteiger charge is 2.52. The van der Waals surface area contributed by atoms with E-state index in [1.807, 2.05) is 50.2 Å². The molecule has 1 amide bonds. The Bertz CT molecular complexity index is 1030. The van der Waals surface area contributed by atoms with Crippen molar-refractivity contribution in [3.63, 3.8) is 0 Å². The Morgan fingerprint density at radius 1 is 0.974 bits per heavy atom. The molecular formula is C30H43NO6Si. The van der Waals surface area contributed by atoms with Gasteiger partial charge in [-0.2, -0.15) is 0 Å². The molecule has 0 aliphatic carbocycles. The number of amides is 1. The number of alkyl carbamates (subject to hydrolysis) is 1. The molecule has 0 radical (unpaired) electrons. The molecule has 1 aliphatic heterocycles. The number of epoxide rings is 1. The third-order valence-electron chi connectivity index (χ3n) is 6.69. The number of rotatable bonds is 10. The highest BCUT2D eigenvalue weighted by atomic mass is 28.4. The third-order valence-corrected chi connectivity index (χ3v) is 11.8. The molecule has 2 aromatic rings. The lowest BCUT2D eigenvalue weighted by Gasteiger charge is -2.45. The molecule has 1 saturated heterocycles. The highest BCUT2D eigenvalue weighted by Crippen LogP contribution is 2.38. The summed E-state index contributed by atoms with van der Waals surface area (Å²) < 4.78 is 23.6. The number of nitrogens with one attached hydrogen (secondary N) is 1. The molecule has 0 spiro atoms. The van der Waals surface area contributed by atoms with Crippen molar-refractivity contribution < 1.29 is 28.2 Å². The van der Waals surface area contributed by atoms with E-state index in [9.17, 15) is 9.59 Å². The maximum atomic E-state index is 13.4. The van der Waals surface area contributed by atoms with Gasteiger partial charge in [0.05, 0.1) is 24.9 Å². The fraction of sp³-hybridized carbons (Fsp3) is 0.533.